The van der Waals surface area contributed by atoms with E-state index in [1.54, 1.807) is 0 Å². The molecule has 0 amide bonds. The highest BCUT2D eigenvalue weighted by molar-refractivity contribution is 6.30. The Bertz CT molecular complexity index is 872. The van der Waals surface area contributed by atoms with E-state index in [1.165, 1.54) is 11.1 Å². The molecule has 0 unspecified atom stereocenters. The number of hydrogen-bond donors (Lipinski definition) is 1. The largest absolute Gasteiger partial charge is 0.462 e. The Hall–Kier alpha value is -2.26. The van der Waals surface area contributed by atoms with E-state index in [1.807, 2.05) is 44.2 Å². The molecule has 4 heteroatoms. The minimum Gasteiger partial charge on any atom is -0.462 e. The summed E-state index contributed by atoms with van der Waals surface area (Å²) >= 11 is 6.06. The summed E-state index contributed by atoms with van der Waals surface area (Å²) in [5.41, 5.74) is 4.13. The molecule has 0 bridgehead atoms. The molecule has 1 aliphatic heterocycles. The van der Waals surface area contributed by atoms with Crippen LogP contribution in [-0.2, 0) is 4.74 Å². The summed E-state index contributed by atoms with van der Waals surface area (Å²) in [4.78, 5) is 12.4. The van der Waals surface area contributed by atoms with Crippen molar-refractivity contribution in [3.8, 4) is 0 Å². The van der Waals surface area contributed by atoms with Gasteiger partial charge in [0.15, 0.2) is 0 Å². The Balaban J connectivity index is 1.63. The molecule has 1 N–H and O–H groups in total. The minimum atomic E-state index is -0.246. The number of anilines is 1. The first-order valence-electron chi connectivity index (χ1n) is 9.52. The molecule has 0 radical (unpaired) electrons. The van der Waals surface area contributed by atoms with Crippen LogP contribution in [0.3, 0.4) is 0 Å². The van der Waals surface area contributed by atoms with Gasteiger partial charge in [0.2, 0.25) is 0 Å². The molecule has 0 saturated heterocycles. The SMILES string of the molecule is CC(C)COC(=O)c1ccc2c(c1)[C@@H]1C=CC[C@H]1[C@@H](c1ccc(Cl)cc1)N2. The second kappa shape index (κ2) is 7.40. The maximum Gasteiger partial charge on any atom is 0.338 e. The van der Waals surface area contributed by atoms with Crippen molar-refractivity contribution in [2.24, 2.45) is 11.8 Å². The Morgan fingerprint density at radius 1 is 1.22 bits per heavy atom. The first-order valence-corrected chi connectivity index (χ1v) is 9.90. The van der Waals surface area contributed by atoms with E-state index < -0.39 is 0 Å². The zero-order valence-corrected chi connectivity index (χ0v) is 16.4. The third kappa shape index (κ3) is 3.61. The maximum absolute atomic E-state index is 12.4. The van der Waals surface area contributed by atoms with Crippen molar-refractivity contribution in [2.45, 2.75) is 32.2 Å². The van der Waals surface area contributed by atoms with Crippen molar-refractivity contribution in [3.63, 3.8) is 0 Å². The van der Waals surface area contributed by atoms with Gasteiger partial charge in [0, 0.05) is 16.6 Å². The van der Waals surface area contributed by atoms with Gasteiger partial charge in [-0.1, -0.05) is 49.7 Å². The fourth-order valence-corrected chi connectivity index (χ4v) is 4.17. The minimum absolute atomic E-state index is 0.230. The summed E-state index contributed by atoms with van der Waals surface area (Å²) in [6.07, 6.45) is 5.54. The quantitative estimate of drug-likeness (QED) is 0.523. The van der Waals surface area contributed by atoms with Gasteiger partial charge in [-0.3, -0.25) is 0 Å². The average molecular weight is 382 g/mol. The number of carbonyl (C=O) groups excluding carboxylic acids is 1. The third-order valence-corrected chi connectivity index (χ3v) is 5.63. The smallest absolute Gasteiger partial charge is 0.338 e. The van der Waals surface area contributed by atoms with Crippen LogP contribution < -0.4 is 5.32 Å². The summed E-state index contributed by atoms with van der Waals surface area (Å²) in [5, 5.41) is 4.44. The lowest BCUT2D eigenvalue weighted by atomic mass is 9.76. The molecular formula is C23H24ClNO2. The summed E-state index contributed by atoms with van der Waals surface area (Å²) < 4.78 is 5.40. The van der Waals surface area contributed by atoms with E-state index in [9.17, 15) is 4.79 Å². The van der Waals surface area contributed by atoms with Crippen LogP contribution in [0.1, 0.15) is 53.7 Å². The van der Waals surface area contributed by atoms with Gasteiger partial charge in [0.1, 0.15) is 0 Å². The summed E-state index contributed by atoms with van der Waals surface area (Å²) in [5.74, 6) is 0.820. The number of hydrogen-bond acceptors (Lipinski definition) is 3. The van der Waals surface area contributed by atoms with Gasteiger partial charge in [-0.25, -0.2) is 4.79 Å². The Kier molecular flexibility index (Phi) is 4.96. The number of carbonyl (C=O) groups is 1. The second-order valence-electron chi connectivity index (χ2n) is 7.82. The number of nitrogens with one attached hydrogen (secondary N) is 1. The number of rotatable bonds is 4. The first-order chi connectivity index (χ1) is 13.0. The first kappa shape index (κ1) is 18.1. The number of halogens is 1. The van der Waals surface area contributed by atoms with Crippen LogP contribution in [0.15, 0.2) is 54.6 Å². The van der Waals surface area contributed by atoms with Crippen LogP contribution in [0.2, 0.25) is 5.02 Å². The van der Waals surface area contributed by atoms with Crippen molar-refractivity contribution in [1.29, 1.82) is 0 Å². The number of benzene rings is 2. The number of esters is 1. The zero-order valence-electron chi connectivity index (χ0n) is 15.6. The van der Waals surface area contributed by atoms with E-state index in [0.717, 1.165) is 17.1 Å². The highest BCUT2D eigenvalue weighted by Gasteiger charge is 2.38. The molecule has 0 saturated carbocycles. The van der Waals surface area contributed by atoms with Crippen molar-refractivity contribution in [3.05, 3.63) is 76.3 Å². The van der Waals surface area contributed by atoms with Gasteiger partial charge in [-0.15, -0.1) is 0 Å². The topological polar surface area (TPSA) is 38.3 Å². The average Bonchev–Trinajstić information content (AvgIpc) is 3.16. The molecule has 1 heterocycles. The van der Waals surface area contributed by atoms with Gasteiger partial charge < -0.3 is 10.1 Å². The molecule has 0 aromatic heterocycles. The van der Waals surface area contributed by atoms with Crippen molar-refractivity contribution in [2.75, 3.05) is 11.9 Å². The molecule has 3 atom stereocenters. The Morgan fingerprint density at radius 3 is 2.74 bits per heavy atom. The summed E-state index contributed by atoms with van der Waals surface area (Å²) in [7, 11) is 0. The van der Waals surface area contributed by atoms with E-state index in [2.05, 4.69) is 29.6 Å². The fraction of sp³-hybridized carbons (Fsp3) is 0.348. The molecule has 2 aliphatic rings. The second-order valence-corrected chi connectivity index (χ2v) is 8.26. The molecule has 27 heavy (non-hydrogen) atoms. The molecule has 2 aromatic rings. The van der Waals surface area contributed by atoms with Gasteiger partial charge in [-0.05, 0) is 59.7 Å². The summed E-state index contributed by atoms with van der Waals surface area (Å²) in [6, 6.07) is 14.2. The standard InChI is InChI=1S/C23H24ClNO2/c1-14(2)13-27-23(26)16-8-11-21-20(12-16)18-4-3-5-19(18)22(25-21)15-6-9-17(24)10-7-15/h3-4,6-12,14,18-19,22,25H,5,13H2,1-2H3/t18-,19-,22-/m1/s1. The van der Waals surface area contributed by atoms with Gasteiger partial charge in [0.05, 0.1) is 18.2 Å². The molecule has 3 nitrogen and oxygen atoms in total. The Labute approximate surface area is 165 Å². The molecule has 4 rings (SSSR count). The van der Waals surface area contributed by atoms with Gasteiger partial charge >= 0.3 is 5.97 Å². The molecular weight excluding hydrogens is 358 g/mol. The van der Waals surface area contributed by atoms with Crippen LogP contribution in [-0.4, -0.2) is 12.6 Å². The number of ether oxygens (including phenoxy) is 1. The molecule has 2 aromatic carbocycles. The third-order valence-electron chi connectivity index (χ3n) is 5.38. The Morgan fingerprint density at radius 2 is 2.00 bits per heavy atom. The molecule has 140 valence electrons. The van der Waals surface area contributed by atoms with E-state index in [-0.39, 0.29) is 12.0 Å². The van der Waals surface area contributed by atoms with Crippen molar-refractivity contribution >= 4 is 23.3 Å². The number of fused-ring (bicyclic) bond motifs is 3. The molecule has 0 fully saturated rings. The molecule has 1 aliphatic carbocycles. The van der Waals surface area contributed by atoms with E-state index >= 15 is 0 Å². The highest BCUT2D eigenvalue weighted by atomic mass is 35.5. The van der Waals surface area contributed by atoms with Crippen LogP contribution >= 0.6 is 11.6 Å². The van der Waals surface area contributed by atoms with Crippen LogP contribution in [0, 0.1) is 11.8 Å². The summed E-state index contributed by atoms with van der Waals surface area (Å²) in [6.45, 7) is 4.52. The van der Waals surface area contributed by atoms with Gasteiger partial charge in [0.25, 0.3) is 0 Å². The van der Waals surface area contributed by atoms with Crippen molar-refractivity contribution < 1.29 is 9.53 Å². The van der Waals surface area contributed by atoms with Crippen LogP contribution in [0.25, 0.3) is 0 Å². The van der Waals surface area contributed by atoms with E-state index in [0.29, 0.717) is 29.9 Å². The maximum atomic E-state index is 12.4. The predicted octanol–water partition coefficient (Wildman–Crippen LogP) is 5.98. The zero-order chi connectivity index (χ0) is 19.0. The monoisotopic (exact) mass is 381 g/mol. The fourth-order valence-electron chi connectivity index (χ4n) is 4.05. The van der Waals surface area contributed by atoms with Gasteiger partial charge in [-0.2, -0.15) is 0 Å². The lowest BCUT2D eigenvalue weighted by Crippen LogP contribution is -2.29. The lowest BCUT2D eigenvalue weighted by molar-refractivity contribution is 0.0459. The van der Waals surface area contributed by atoms with Crippen LogP contribution in [0.4, 0.5) is 5.69 Å². The van der Waals surface area contributed by atoms with Crippen molar-refractivity contribution in [1.82, 2.24) is 0 Å². The highest BCUT2D eigenvalue weighted by Crippen LogP contribution is 2.50. The van der Waals surface area contributed by atoms with E-state index in [4.69, 9.17) is 16.3 Å². The lowest BCUT2D eigenvalue weighted by Gasteiger charge is -2.37. The number of allylic oxidation sites excluding steroid dienone is 2. The predicted molar refractivity (Wildman–Crippen MR) is 109 cm³/mol. The van der Waals surface area contributed by atoms with Crippen LogP contribution in [0.5, 0.6) is 0 Å². The normalized spacial score (nSPS) is 22.9. The molecule has 0 spiro atoms.